The SMILES string of the molecule is CC(=O)SC1CC(=O)N(c2ccc([N+](=O)[O-])c3ccccc23)C1. The summed E-state index contributed by atoms with van der Waals surface area (Å²) < 4.78 is 0. The van der Waals surface area contributed by atoms with E-state index in [4.69, 9.17) is 0 Å². The Hall–Kier alpha value is -2.41. The van der Waals surface area contributed by atoms with E-state index in [1.165, 1.54) is 24.8 Å². The second kappa shape index (κ2) is 6.00. The molecule has 2 aromatic rings. The van der Waals surface area contributed by atoms with Gasteiger partial charge in [-0.2, -0.15) is 0 Å². The van der Waals surface area contributed by atoms with Gasteiger partial charge in [0.25, 0.3) is 5.69 Å². The molecule has 1 amide bonds. The molecule has 0 aliphatic carbocycles. The molecule has 3 rings (SSSR count). The average Bonchev–Trinajstić information content (AvgIpc) is 2.85. The van der Waals surface area contributed by atoms with Gasteiger partial charge in [0.1, 0.15) is 0 Å². The highest BCUT2D eigenvalue weighted by molar-refractivity contribution is 8.14. The molecule has 1 saturated heterocycles. The standard InChI is InChI=1S/C16H14N2O4S/c1-10(19)23-11-8-16(20)17(9-11)14-6-7-15(18(21)22)13-5-3-2-4-12(13)14/h2-7,11H,8-9H2,1H3. The van der Waals surface area contributed by atoms with Gasteiger partial charge in [-0.05, 0) is 12.1 Å². The molecule has 118 valence electrons. The first-order valence-electron chi connectivity index (χ1n) is 7.11. The molecule has 23 heavy (non-hydrogen) atoms. The summed E-state index contributed by atoms with van der Waals surface area (Å²) in [6.07, 6.45) is 0.301. The predicted molar refractivity (Wildman–Crippen MR) is 89.6 cm³/mol. The number of hydrogen-bond donors (Lipinski definition) is 0. The minimum atomic E-state index is -0.424. The van der Waals surface area contributed by atoms with E-state index in [9.17, 15) is 19.7 Å². The number of nitrogens with zero attached hydrogens (tertiary/aromatic N) is 2. The maximum Gasteiger partial charge on any atom is 0.277 e. The van der Waals surface area contributed by atoms with E-state index < -0.39 is 4.92 Å². The third-order valence-corrected chi connectivity index (χ3v) is 4.77. The number of carbonyl (C=O) groups is 2. The van der Waals surface area contributed by atoms with Crippen molar-refractivity contribution in [3.05, 3.63) is 46.5 Å². The number of carbonyl (C=O) groups excluding carboxylic acids is 2. The normalized spacial score (nSPS) is 17.7. The Bertz CT molecular complexity index is 821. The maximum atomic E-state index is 12.3. The Labute approximate surface area is 136 Å². The molecule has 0 bridgehead atoms. The number of non-ortho nitro benzene ring substituents is 1. The highest BCUT2D eigenvalue weighted by atomic mass is 32.2. The number of fused-ring (bicyclic) bond motifs is 1. The van der Waals surface area contributed by atoms with Crippen LogP contribution in [0, 0.1) is 10.1 Å². The Morgan fingerprint density at radius 2 is 1.96 bits per heavy atom. The third kappa shape index (κ3) is 2.92. The van der Waals surface area contributed by atoms with Crippen molar-refractivity contribution in [2.24, 2.45) is 0 Å². The first-order chi connectivity index (χ1) is 11.0. The molecule has 0 spiro atoms. The molecule has 1 aliphatic heterocycles. The van der Waals surface area contributed by atoms with Gasteiger partial charge in [0.15, 0.2) is 5.12 Å². The van der Waals surface area contributed by atoms with Crippen molar-refractivity contribution in [3.8, 4) is 0 Å². The van der Waals surface area contributed by atoms with Crippen molar-refractivity contribution < 1.29 is 14.5 Å². The van der Waals surface area contributed by atoms with Gasteiger partial charge in [0, 0.05) is 36.6 Å². The van der Waals surface area contributed by atoms with Crippen molar-refractivity contribution in [1.29, 1.82) is 0 Å². The molecule has 1 atom stereocenters. The van der Waals surface area contributed by atoms with Crippen LogP contribution in [0.15, 0.2) is 36.4 Å². The van der Waals surface area contributed by atoms with Gasteiger partial charge in [-0.25, -0.2) is 0 Å². The van der Waals surface area contributed by atoms with Crippen molar-refractivity contribution in [1.82, 2.24) is 0 Å². The summed E-state index contributed by atoms with van der Waals surface area (Å²) in [6, 6.07) is 10.0. The average molecular weight is 330 g/mol. The summed E-state index contributed by atoms with van der Waals surface area (Å²) >= 11 is 1.17. The fraction of sp³-hybridized carbons (Fsp3) is 0.250. The van der Waals surface area contributed by atoms with Crippen LogP contribution in [0.1, 0.15) is 13.3 Å². The lowest BCUT2D eigenvalue weighted by atomic mass is 10.1. The van der Waals surface area contributed by atoms with Crippen LogP contribution in [0.4, 0.5) is 11.4 Å². The van der Waals surface area contributed by atoms with Crippen LogP contribution in [0.25, 0.3) is 10.8 Å². The molecule has 1 aliphatic rings. The van der Waals surface area contributed by atoms with E-state index in [-0.39, 0.29) is 22.0 Å². The number of hydrogen-bond acceptors (Lipinski definition) is 5. The quantitative estimate of drug-likeness (QED) is 0.638. The fourth-order valence-corrected chi connectivity index (χ4v) is 3.80. The van der Waals surface area contributed by atoms with Crippen LogP contribution >= 0.6 is 11.8 Å². The number of amides is 1. The molecule has 1 fully saturated rings. The number of nitro benzene ring substituents is 1. The molecule has 0 aromatic heterocycles. The number of anilines is 1. The maximum absolute atomic E-state index is 12.3. The number of nitro groups is 1. The van der Waals surface area contributed by atoms with Gasteiger partial charge in [-0.15, -0.1) is 0 Å². The Balaban J connectivity index is 2.04. The molecule has 1 unspecified atom stereocenters. The van der Waals surface area contributed by atoms with Gasteiger partial charge >= 0.3 is 0 Å². The topological polar surface area (TPSA) is 80.5 Å². The molecule has 0 N–H and O–H groups in total. The highest BCUT2D eigenvalue weighted by Gasteiger charge is 2.33. The van der Waals surface area contributed by atoms with Gasteiger partial charge in [0.2, 0.25) is 5.91 Å². The zero-order chi connectivity index (χ0) is 16.6. The van der Waals surface area contributed by atoms with Gasteiger partial charge < -0.3 is 4.90 Å². The number of rotatable bonds is 3. The third-order valence-electron chi connectivity index (χ3n) is 3.79. The summed E-state index contributed by atoms with van der Waals surface area (Å²) in [5.74, 6) is -0.0669. The minimum Gasteiger partial charge on any atom is -0.311 e. The molecular formula is C16H14N2O4S. The lowest BCUT2D eigenvalue weighted by Crippen LogP contribution is -2.25. The lowest BCUT2D eigenvalue weighted by molar-refractivity contribution is -0.383. The van der Waals surface area contributed by atoms with Crippen LogP contribution in [0.3, 0.4) is 0 Å². The van der Waals surface area contributed by atoms with E-state index in [0.717, 1.165) is 0 Å². The number of thioether (sulfide) groups is 1. The fourth-order valence-electron chi connectivity index (χ4n) is 2.88. The summed E-state index contributed by atoms with van der Waals surface area (Å²) in [5, 5.41) is 12.3. The first-order valence-corrected chi connectivity index (χ1v) is 7.99. The lowest BCUT2D eigenvalue weighted by Gasteiger charge is -2.18. The minimum absolute atomic E-state index is 0.0155. The summed E-state index contributed by atoms with van der Waals surface area (Å²) in [5.41, 5.74) is 0.675. The van der Waals surface area contributed by atoms with Gasteiger partial charge in [-0.3, -0.25) is 19.7 Å². The second-order valence-corrected chi connectivity index (χ2v) is 6.82. The van der Waals surface area contributed by atoms with E-state index in [1.54, 1.807) is 35.2 Å². The summed E-state index contributed by atoms with van der Waals surface area (Å²) in [4.78, 5) is 35.9. The Kier molecular flexibility index (Phi) is 4.04. The van der Waals surface area contributed by atoms with E-state index >= 15 is 0 Å². The van der Waals surface area contributed by atoms with Crippen molar-refractivity contribution in [2.75, 3.05) is 11.4 Å². The monoisotopic (exact) mass is 330 g/mol. The van der Waals surface area contributed by atoms with Crippen LogP contribution in [0.5, 0.6) is 0 Å². The van der Waals surface area contributed by atoms with E-state index in [1.807, 2.05) is 0 Å². The molecule has 0 radical (unpaired) electrons. The Morgan fingerprint density at radius 3 is 2.61 bits per heavy atom. The van der Waals surface area contributed by atoms with Gasteiger partial charge in [0.05, 0.1) is 16.0 Å². The van der Waals surface area contributed by atoms with Crippen molar-refractivity contribution >= 4 is 44.9 Å². The number of benzene rings is 2. The summed E-state index contributed by atoms with van der Waals surface area (Å²) in [7, 11) is 0. The van der Waals surface area contributed by atoms with Crippen LogP contribution < -0.4 is 4.90 Å². The van der Waals surface area contributed by atoms with Crippen molar-refractivity contribution in [2.45, 2.75) is 18.6 Å². The molecule has 2 aromatic carbocycles. The van der Waals surface area contributed by atoms with Crippen LogP contribution in [-0.2, 0) is 9.59 Å². The van der Waals surface area contributed by atoms with Crippen molar-refractivity contribution in [3.63, 3.8) is 0 Å². The van der Waals surface area contributed by atoms with Crippen LogP contribution in [-0.4, -0.2) is 27.7 Å². The molecule has 0 saturated carbocycles. The second-order valence-electron chi connectivity index (χ2n) is 5.35. The van der Waals surface area contributed by atoms with E-state index in [0.29, 0.717) is 29.4 Å². The molecule has 7 heteroatoms. The highest BCUT2D eigenvalue weighted by Crippen LogP contribution is 2.36. The molecule has 6 nitrogen and oxygen atoms in total. The smallest absolute Gasteiger partial charge is 0.277 e. The Morgan fingerprint density at radius 1 is 1.26 bits per heavy atom. The predicted octanol–water partition coefficient (Wildman–Crippen LogP) is 3.13. The van der Waals surface area contributed by atoms with Crippen LogP contribution in [0.2, 0.25) is 0 Å². The first kappa shape index (κ1) is 15.5. The molecule has 1 heterocycles. The molecular weight excluding hydrogens is 316 g/mol. The zero-order valence-electron chi connectivity index (χ0n) is 12.4. The summed E-state index contributed by atoms with van der Waals surface area (Å²) in [6.45, 7) is 1.92. The van der Waals surface area contributed by atoms with Gasteiger partial charge in [-0.1, -0.05) is 30.0 Å². The largest absolute Gasteiger partial charge is 0.311 e. The van der Waals surface area contributed by atoms with E-state index in [2.05, 4.69) is 0 Å². The zero-order valence-corrected chi connectivity index (χ0v) is 13.2.